The van der Waals surface area contributed by atoms with Crippen LogP contribution in [0.4, 0.5) is 0 Å². The van der Waals surface area contributed by atoms with Gasteiger partial charge in [0.15, 0.2) is 5.60 Å². The van der Waals surface area contributed by atoms with Gasteiger partial charge in [0.2, 0.25) is 0 Å². The quantitative estimate of drug-likeness (QED) is 0.337. The Morgan fingerprint density at radius 1 is 1.80 bits per heavy atom. The summed E-state index contributed by atoms with van der Waals surface area (Å²) in [6.07, 6.45) is 0.242. The number of nitrogens with zero attached hydrogens (tertiary/aromatic N) is 1. The number of nitriles is 1. The number of rotatable bonds is 1. The second kappa shape index (κ2) is 3.07. The average Bonchev–Trinajstić information content (AvgIpc) is 1.62. The zero-order chi connectivity index (χ0) is 6.91. The summed E-state index contributed by atoms with van der Waals surface area (Å²) in [7, 11) is 0. The van der Waals surface area contributed by atoms with Crippen LogP contribution in [0.15, 0.2) is 0 Å². The Labute approximate surface area is 70.0 Å². The van der Waals surface area contributed by atoms with E-state index in [0.717, 1.165) is 0 Å². The number of ether oxygens (including phenoxy) is 1. The summed E-state index contributed by atoms with van der Waals surface area (Å²) in [6.45, 7) is 0.335. The molecule has 0 aliphatic carbocycles. The second-order valence-electron chi connectivity index (χ2n) is 1.82. The summed E-state index contributed by atoms with van der Waals surface area (Å²) in [5.74, 6) is -1.43. The number of hydrogen-bond acceptors (Lipinski definition) is 4. The smallest absolute Gasteiger partial charge is 0.546 e. The Balaban J connectivity index is 0.000000810. The second-order valence-corrected chi connectivity index (χ2v) is 1.82. The predicted molar refractivity (Wildman–Crippen MR) is 23.9 cm³/mol. The third-order valence-electron chi connectivity index (χ3n) is 1.31. The number of carbonyl (C=O) groups excluding carboxylic acids is 1. The van der Waals surface area contributed by atoms with E-state index in [1.165, 1.54) is 6.07 Å². The first-order chi connectivity index (χ1) is 4.21. The summed E-state index contributed by atoms with van der Waals surface area (Å²) in [5, 5.41) is 18.3. The molecule has 0 radical (unpaired) electrons. The molecule has 1 rings (SSSR count). The van der Waals surface area contributed by atoms with E-state index in [0.29, 0.717) is 6.61 Å². The molecule has 0 aromatic rings. The number of carboxylic acids is 1. The molecule has 0 amide bonds. The molecule has 5 heteroatoms. The Morgan fingerprint density at radius 3 is 2.30 bits per heavy atom. The standard InChI is InChI=1S/C5H5NO3.Li/c6-3-5(4(7)8)1-2-9-5;/h1-2H2,(H,7,8);/q;+1/p-1/t5-;/m1./s1. The Kier molecular flexibility index (Phi) is 2.92. The van der Waals surface area contributed by atoms with E-state index in [1.54, 1.807) is 0 Å². The third kappa shape index (κ3) is 1.17. The maximum Gasteiger partial charge on any atom is 1.00 e. The molecule has 1 atom stereocenters. The monoisotopic (exact) mass is 133 g/mol. The van der Waals surface area contributed by atoms with Gasteiger partial charge in [0.05, 0.1) is 12.6 Å². The number of carbonyl (C=O) groups is 1. The number of hydrogen-bond donors (Lipinski definition) is 0. The van der Waals surface area contributed by atoms with Crippen molar-refractivity contribution >= 4 is 5.97 Å². The topological polar surface area (TPSA) is 73.2 Å². The molecule has 1 saturated heterocycles. The Hall–Kier alpha value is -0.483. The fourth-order valence-corrected chi connectivity index (χ4v) is 0.601. The zero-order valence-electron chi connectivity index (χ0n) is 5.59. The minimum atomic E-state index is -1.62. The van der Waals surface area contributed by atoms with Crippen LogP contribution in [-0.2, 0) is 9.53 Å². The van der Waals surface area contributed by atoms with E-state index in [9.17, 15) is 9.90 Å². The van der Waals surface area contributed by atoms with Crippen LogP contribution in [-0.4, -0.2) is 18.2 Å². The normalized spacial score (nSPS) is 29.1. The number of aliphatic carboxylic acids is 1. The van der Waals surface area contributed by atoms with E-state index in [4.69, 9.17) is 5.26 Å². The molecule has 0 spiro atoms. The molecule has 0 bridgehead atoms. The van der Waals surface area contributed by atoms with Crippen molar-refractivity contribution in [3.63, 3.8) is 0 Å². The SMILES string of the molecule is N#C[C@@]1(C(=O)[O-])CCO1.[Li+]. The van der Waals surface area contributed by atoms with E-state index < -0.39 is 11.6 Å². The molecule has 1 fully saturated rings. The third-order valence-corrected chi connectivity index (χ3v) is 1.31. The van der Waals surface area contributed by atoms with Crippen LogP contribution in [0, 0.1) is 11.3 Å². The molecule has 0 aromatic carbocycles. The summed E-state index contributed by atoms with van der Waals surface area (Å²) < 4.78 is 4.51. The van der Waals surface area contributed by atoms with Gasteiger partial charge in [-0.25, -0.2) is 0 Å². The van der Waals surface area contributed by atoms with Crippen molar-refractivity contribution in [3.8, 4) is 6.07 Å². The fraction of sp³-hybridized carbons (Fsp3) is 0.600. The van der Waals surface area contributed by atoms with Gasteiger partial charge in [0, 0.05) is 6.42 Å². The first-order valence-corrected chi connectivity index (χ1v) is 2.48. The average molecular weight is 133 g/mol. The molecule has 0 N–H and O–H groups in total. The zero-order valence-corrected chi connectivity index (χ0v) is 5.59. The molecule has 4 nitrogen and oxygen atoms in total. The molecule has 0 unspecified atom stereocenters. The van der Waals surface area contributed by atoms with Crippen molar-refractivity contribution in [1.82, 2.24) is 0 Å². The van der Waals surface area contributed by atoms with Crippen molar-refractivity contribution in [1.29, 1.82) is 5.26 Å². The van der Waals surface area contributed by atoms with E-state index >= 15 is 0 Å². The van der Waals surface area contributed by atoms with Crippen LogP contribution in [0.5, 0.6) is 0 Å². The van der Waals surface area contributed by atoms with Gasteiger partial charge in [-0.3, -0.25) is 0 Å². The predicted octanol–water partition coefficient (Wildman–Crippen LogP) is -4.58. The molecule has 48 valence electrons. The maximum atomic E-state index is 10.1. The first kappa shape index (κ1) is 9.52. The summed E-state index contributed by atoms with van der Waals surface area (Å²) in [4.78, 5) is 10.1. The minimum Gasteiger partial charge on any atom is -0.546 e. The molecule has 10 heavy (non-hydrogen) atoms. The Bertz CT molecular complexity index is 182. The molecular formula is C5H4LiNO3. The van der Waals surface area contributed by atoms with Crippen LogP contribution in [0.1, 0.15) is 6.42 Å². The molecule has 0 saturated carbocycles. The van der Waals surface area contributed by atoms with Gasteiger partial charge in [0.1, 0.15) is 6.07 Å². The molecule has 0 aromatic heterocycles. The van der Waals surface area contributed by atoms with Gasteiger partial charge in [-0.15, -0.1) is 0 Å². The van der Waals surface area contributed by atoms with Crippen molar-refractivity contribution in [2.45, 2.75) is 12.0 Å². The van der Waals surface area contributed by atoms with Crippen molar-refractivity contribution in [3.05, 3.63) is 0 Å². The van der Waals surface area contributed by atoms with E-state index in [-0.39, 0.29) is 25.3 Å². The van der Waals surface area contributed by atoms with E-state index in [1.807, 2.05) is 0 Å². The van der Waals surface area contributed by atoms with Crippen LogP contribution >= 0.6 is 0 Å². The van der Waals surface area contributed by atoms with Gasteiger partial charge in [0.25, 0.3) is 0 Å². The van der Waals surface area contributed by atoms with Gasteiger partial charge in [-0.2, -0.15) is 5.26 Å². The van der Waals surface area contributed by atoms with Gasteiger partial charge in [-0.1, -0.05) is 0 Å². The Morgan fingerprint density at radius 2 is 2.30 bits per heavy atom. The fourth-order valence-electron chi connectivity index (χ4n) is 0.601. The number of carboxylic acid groups (broad SMARTS) is 1. The maximum absolute atomic E-state index is 10.1. The molecule has 1 heterocycles. The summed E-state index contributed by atoms with van der Waals surface area (Å²) in [6, 6.07) is 1.53. The molecule has 1 aliphatic rings. The van der Waals surface area contributed by atoms with E-state index in [2.05, 4.69) is 4.74 Å². The first-order valence-electron chi connectivity index (χ1n) is 2.48. The van der Waals surface area contributed by atoms with Crippen LogP contribution in [0.2, 0.25) is 0 Å². The van der Waals surface area contributed by atoms with Gasteiger partial charge < -0.3 is 14.6 Å². The molecular weight excluding hydrogens is 129 g/mol. The van der Waals surface area contributed by atoms with Crippen LogP contribution in [0.3, 0.4) is 0 Å². The summed E-state index contributed by atoms with van der Waals surface area (Å²) >= 11 is 0. The molecule has 1 aliphatic heterocycles. The van der Waals surface area contributed by atoms with Crippen LogP contribution < -0.4 is 24.0 Å². The van der Waals surface area contributed by atoms with Gasteiger partial charge in [-0.05, 0) is 0 Å². The minimum absolute atomic E-state index is 0. The van der Waals surface area contributed by atoms with Crippen molar-refractivity contribution in [2.24, 2.45) is 0 Å². The van der Waals surface area contributed by atoms with Gasteiger partial charge >= 0.3 is 18.9 Å². The summed E-state index contributed by atoms with van der Waals surface area (Å²) in [5.41, 5.74) is -1.62. The van der Waals surface area contributed by atoms with Crippen molar-refractivity contribution < 1.29 is 33.5 Å². The van der Waals surface area contributed by atoms with Crippen LogP contribution in [0.25, 0.3) is 0 Å². The largest absolute Gasteiger partial charge is 1.00 e. The van der Waals surface area contributed by atoms with Crippen molar-refractivity contribution in [2.75, 3.05) is 6.61 Å².